The molecule has 0 unspecified atom stereocenters. The van der Waals surface area contributed by atoms with Crippen molar-refractivity contribution < 1.29 is 9.59 Å². The zero-order chi connectivity index (χ0) is 19.5. The molecule has 144 valence electrons. The van der Waals surface area contributed by atoms with Crippen molar-refractivity contribution in [3.8, 4) is 0 Å². The third-order valence-corrected chi connectivity index (χ3v) is 5.64. The van der Waals surface area contributed by atoms with Crippen molar-refractivity contribution in [2.45, 2.75) is 12.8 Å². The Labute approximate surface area is 168 Å². The molecule has 1 N–H and O–H groups in total. The van der Waals surface area contributed by atoms with Gasteiger partial charge in [0.05, 0.1) is 10.6 Å². The lowest BCUT2D eigenvalue weighted by atomic mass is 10.1. The standard InChI is InChI=1S/C22H22ClN3O2/c23-19-7-3-1-6-18(19)22(28)26-13-11-25(12-14-26)21(27)10-9-16-15-24-20-8-4-2-5-17(16)20/h1-8,15,24H,9-14H2. The van der Waals surface area contributed by atoms with Gasteiger partial charge in [-0.3, -0.25) is 9.59 Å². The molecular formula is C22H22ClN3O2. The topological polar surface area (TPSA) is 56.4 Å². The summed E-state index contributed by atoms with van der Waals surface area (Å²) in [6.07, 6.45) is 3.17. The maximum Gasteiger partial charge on any atom is 0.255 e. The van der Waals surface area contributed by atoms with E-state index in [-0.39, 0.29) is 11.8 Å². The van der Waals surface area contributed by atoms with Gasteiger partial charge in [0.2, 0.25) is 5.91 Å². The Kier molecular flexibility index (Phi) is 5.35. The molecule has 1 fully saturated rings. The summed E-state index contributed by atoms with van der Waals surface area (Å²) in [7, 11) is 0. The average molecular weight is 396 g/mol. The van der Waals surface area contributed by atoms with Gasteiger partial charge in [-0.15, -0.1) is 0 Å². The predicted octanol–water partition coefficient (Wildman–Crippen LogP) is 3.74. The molecule has 0 bridgehead atoms. The van der Waals surface area contributed by atoms with Crippen LogP contribution in [0.1, 0.15) is 22.3 Å². The van der Waals surface area contributed by atoms with E-state index >= 15 is 0 Å². The third-order valence-electron chi connectivity index (χ3n) is 5.31. The van der Waals surface area contributed by atoms with Crippen LogP contribution in [0, 0.1) is 0 Å². The second-order valence-electron chi connectivity index (χ2n) is 7.01. The molecule has 0 atom stereocenters. The highest BCUT2D eigenvalue weighted by Gasteiger charge is 2.25. The molecule has 1 aromatic heterocycles. The van der Waals surface area contributed by atoms with Crippen molar-refractivity contribution in [1.29, 1.82) is 0 Å². The average Bonchev–Trinajstić information content (AvgIpc) is 3.15. The fourth-order valence-corrected chi connectivity index (χ4v) is 3.92. The molecule has 2 amide bonds. The first kappa shape index (κ1) is 18.6. The first-order chi connectivity index (χ1) is 13.6. The van der Waals surface area contributed by atoms with Gasteiger partial charge in [-0.1, -0.05) is 41.9 Å². The van der Waals surface area contributed by atoms with Crippen LogP contribution in [0.5, 0.6) is 0 Å². The van der Waals surface area contributed by atoms with Crippen molar-refractivity contribution in [2.24, 2.45) is 0 Å². The quantitative estimate of drug-likeness (QED) is 0.731. The van der Waals surface area contributed by atoms with Crippen LogP contribution in [0.15, 0.2) is 54.7 Å². The molecule has 1 aliphatic heterocycles. The van der Waals surface area contributed by atoms with Crippen LogP contribution in [0.4, 0.5) is 0 Å². The Morgan fingerprint density at radius 1 is 0.929 bits per heavy atom. The number of hydrogen-bond acceptors (Lipinski definition) is 2. The SMILES string of the molecule is O=C(CCc1c[nH]c2ccccc12)N1CCN(C(=O)c2ccccc2Cl)CC1. The number of aromatic nitrogens is 1. The van der Waals surface area contributed by atoms with Gasteiger partial charge >= 0.3 is 0 Å². The second kappa shape index (κ2) is 8.07. The summed E-state index contributed by atoms with van der Waals surface area (Å²) < 4.78 is 0. The van der Waals surface area contributed by atoms with Gasteiger partial charge in [0.15, 0.2) is 0 Å². The number of nitrogens with one attached hydrogen (secondary N) is 1. The van der Waals surface area contributed by atoms with E-state index < -0.39 is 0 Å². The highest BCUT2D eigenvalue weighted by Crippen LogP contribution is 2.20. The molecule has 0 saturated carbocycles. The number of carbonyl (C=O) groups is 2. The first-order valence-electron chi connectivity index (χ1n) is 9.50. The zero-order valence-electron chi connectivity index (χ0n) is 15.5. The van der Waals surface area contributed by atoms with Gasteiger partial charge in [0.1, 0.15) is 0 Å². The maximum atomic E-state index is 12.6. The van der Waals surface area contributed by atoms with Crippen molar-refractivity contribution in [3.05, 3.63) is 70.9 Å². The van der Waals surface area contributed by atoms with Crippen molar-refractivity contribution >= 4 is 34.3 Å². The number of halogens is 1. The number of nitrogens with zero attached hydrogens (tertiary/aromatic N) is 2. The number of aromatic amines is 1. The molecule has 0 aliphatic carbocycles. The number of H-pyrrole nitrogens is 1. The van der Waals surface area contributed by atoms with Crippen LogP contribution >= 0.6 is 11.6 Å². The first-order valence-corrected chi connectivity index (χ1v) is 9.88. The molecule has 5 nitrogen and oxygen atoms in total. The fraction of sp³-hybridized carbons (Fsp3) is 0.273. The molecule has 6 heteroatoms. The van der Waals surface area contributed by atoms with E-state index in [1.807, 2.05) is 41.4 Å². The van der Waals surface area contributed by atoms with Gasteiger partial charge < -0.3 is 14.8 Å². The van der Waals surface area contributed by atoms with Crippen LogP contribution in [0.25, 0.3) is 10.9 Å². The van der Waals surface area contributed by atoms with E-state index in [1.54, 1.807) is 17.0 Å². The third kappa shape index (κ3) is 3.76. The van der Waals surface area contributed by atoms with E-state index in [0.717, 1.165) is 11.1 Å². The summed E-state index contributed by atoms with van der Waals surface area (Å²) in [6.45, 7) is 2.18. The van der Waals surface area contributed by atoms with Gasteiger partial charge in [0, 0.05) is 49.7 Å². The van der Waals surface area contributed by atoms with Crippen LogP contribution in [0.2, 0.25) is 5.02 Å². The lowest BCUT2D eigenvalue weighted by Gasteiger charge is -2.35. The molecule has 3 aromatic rings. The molecular weight excluding hydrogens is 374 g/mol. The maximum absolute atomic E-state index is 12.6. The molecule has 2 heterocycles. The summed E-state index contributed by atoms with van der Waals surface area (Å²) >= 11 is 6.13. The van der Waals surface area contributed by atoms with Gasteiger partial charge in [-0.05, 0) is 30.2 Å². The number of piperazine rings is 1. The summed E-state index contributed by atoms with van der Waals surface area (Å²) in [5.41, 5.74) is 2.77. The van der Waals surface area contributed by atoms with Crippen LogP contribution in [-0.2, 0) is 11.2 Å². The van der Waals surface area contributed by atoms with E-state index in [9.17, 15) is 9.59 Å². The Bertz CT molecular complexity index is 1010. The van der Waals surface area contributed by atoms with E-state index in [4.69, 9.17) is 11.6 Å². The molecule has 2 aromatic carbocycles. The van der Waals surface area contributed by atoms with E-state index in [2.05, 4.69) is 11.1 Å². The minimum Gasteiger partial charge on any atom is -0.361 e. The lowest BCUT2D eigenvalue weighted by Crippen LogP contribution is -2.50. The number of fused-ring (bicyclic) bond motifs is 1. The number of benzene rings is 2. The van der Waals surface area contributed by atoms with Crippen LogP contribution < -0.4 is 0 Å². The molecule has 1 aliphatic rings. The number of rotatable bonds is 4. The minimum atomic E-state index is -0.0727. The highest BCUT2D eigenvalue weighted by atomic mass is 35.5. The van der Waals surface area contributed by atoms with Gasteiger partial charge in [-0.25, -0.2) is 0 Å². The van der Waals surface area contributed by atoms with E-state index in [1.165, 1.54) is 5.39 Å². The van der Waals surface area contributed by atoms with Gasteiger partial charge in [-0.2, -0.15) is 0 Å². The summed E-state index contributed by atoms with van der Waals surface area (Å²) in [4.78, 5) is 32.1. The number of hydrogen-bond donors (Lipinski definition) is 1. The smallest absolute Gasteiger partial charge is 0.255 e. The number of para-hydroxylation sites is 1. The molecule has 4 rings (SSSR count). The normalized spacial score (nSPS) is 14.5. The number of amides is 2. The Morgan fingerprint density at radius 3 is 2.39 bits per heavy atom. The van der Waals surface area contributed by atoms with Crippen molar-refractivity contribution in [1.82, 2.24) is 14.8 Å². The molecule has 28 heavy (non-hydrogen) atoms. The summed E-state index contributed by atoms with van der Waals surface area (Å²) in [5.74, 6) is 0.0617. The minimum absolute atomic E-state index is 0.0727. The predicted molar refractivity (Wildman–Crippen MR) is 111 cm³/mol. The monoisotopic (exact) mass is 395 g/mol. The van der Waals surface area contributed by atoms with Crippen LogP contribution in [-0.4, -0.2) is 52.8 Å². The number of aryl methyl sites for hydroxylation is 1. The summed E-state index contributed by atoms with van der Waals surface area (Å²) in [6, 6.07) is 15.2. The Balaban J connectivity index is 1.31. The largest absolute Gasteiger partial charge is 0.361 e. The molecule has 0 radical (unpaired) electrons. The number of carbonyl (C=O) groups excluding carboxylic acids is 2. The fourth-order valence-electron chi connectivity index (χ4n) is 3.70. The highest BCUT2D eigenvalue weighted by molar-refractivity contribution is 6.33. The van der Waals surface area contributed by atoms with Crippen LogP contribution in [0.3, 0.4) is 0 Å². The van der Waals surface area contributed by atoms with Crippen molar-refractivity contribution in [3.63, 3.8) is 0 Å². The van der Waals surface area contributed by atoms with Crippen molar-refractivity contribution in [2.75, 3.05) is 26.2 Å². The zero-order valence-corrected chi connectivity index (χ0v) is 16.3. The molecule has 0 spiro atoms. The molecule has 1 saturated heterocycles. The Morgan fingerprint density at radius 2 is 1.61 bits per heavy atom. The summed E-state index contributed by atoms with van der Waals surface area (Å²) in [5, 5.41) is 1.63. The second-order valence-corrected chi connectivity index (χ2v) is 7.42. The van der Waals surface area contributed by atoms with E-state index in [0.29, 0.717) is 49.6 Å². The van der Waals surface area contributed by atoms with Gasteiger partial charge in [0.25, 0.3) is 5.91 Å². The Hall–Kier alpha value is -2.79. The lowest BCUT2D eigenvalue weighted by molar-refractivity contribution is -0.132.